The lowest BCUT2D eigenvalue weighted by Crippen LogP contribution is -2.37. The number of nitrogens with zero attached hydrogens (tertiary/aromatic N) is 3. The lowest BCUT2D eigenvalue weighted by molar-refractivity contribution is -0.384. The van der Waals surface area contributed by atoms with Crippen LogP contribution < -0.4 is 0 Å². The third-order valence-corrected chi connectivity index (χ3v) is 4.87. The van der Waals surface area contributed by atoms with Gasteiger partial charge in [0.25, 0.3) is 5.69 Å². The van der Waals surface area contributed by atoms with Crippen molar-refractivity contribution in [3.8, 4) is 0 Å². The van der Waals surface area contributed by atoms with Gasteiger partial charge in [-0.3, -0.25) is 19.8 Å². The molecule has 1 heterocycles. The first-order chi connectivity index (χ1) is 11.4. The SMILES string of the molecule is C[C@@H](c1cccc([N+](=O)[O-])c1)N(C)CC(=O)N(C)Cc1cccs1. The van der Waals surface area contributed by atoms with Crippen molar-refractivity contribution in [2.75, 3.05) is 20.6 Å². The van der Waals surface area contributed by atoms with Crippen LogP contribution in [0.1, 0.15) is 23.4 Å². The van der Waals surface area contributed by atoms with Crippen molar-refractivity contribution in [3.05, 3.63) is 62.3 Å². The maximum atomic E-state index is 12.4. The van der Waals surface area contributed by atoms with Gasteiger partial charge in [0.05, 0.1) is 18.0 Å². The number of carbonyl (C=O) groups is 1. The zero-order chi connectivity index (χ0) is 17.7. The predicted molar refractivity (Wildman–Crippen MR) is 94.9 cm³/mol. The molecule has 0 radical (unpaired) electrons. The van der Waals surface area contributed by atoms with Crippen LogP contribution in [-0.4, -0.2) is 41.3 Å². The third-order valence-electron chi connectivity index (χ3n) is 4.01. The van der Waals surface area contributed by atoms with Crippen molar-refractivity contribution < 1.29 is 9.72 Å². The van der Waals surface area contributed by atoms with E-state index in [1.165, 1.54) is 6.07 Å². The van der Waals surface area contributed by atoms with E-state index in [4.69, 9.17) is 0 Å². The summed E-state index contributed by atoms with van der Waals surface area (Å²) >= 11 is 1.62. The zero-order valence-electron chi connectivity index (χ0n) is 14.0. The van der Waals surface area contributed by atoms with Gasteiger partial charge in [-0.05, 0) is 31.0 Å². The average molecular weight is 347 g/mol. The van der Waals surface area contributed by atoms with E-state index in [9.17, 15) is 14.9 Å². The maximum Gasteiger partial charge on any atom is 0.269 e. The van der Waals surface area contributed by atoms with Crippen molar-refractivity contribution in [1.29, 1.82) is 0 Å². The topological polar surface area (TPSA) is 66.7 Å². The number of nitro benzene ring substituents is 1. The Hall–Kier alpha value is -2.25. The van der Waals surface area contributed by atoms with E-state index in [0.717, 1.165) is 10.4 Å². The summed E-state index contributed by atoms with van der Waals surface area (Å²) < 4.78 is 0. The van der Waals surface area contributed by atoms with E-state index in [0.29, 0.717) is 6.54 Å². The Morgan fingerprint density at radius 1 is 1.29 bits per heavy atom. The number of thiophene rings is 1. The van der Waals surface area contributed by atoms with Gasteiger partial charge < -0.3 is 4.90 Å². The molecule has 0 aliphatic heterocycles. The highest BCUT2D eigenvalue weighted by Crippen LogP contribution is 2.23. The van der Waals surface area contributed by atoms with Crippen LogP contribution in [0.25, 0.3) is 0 Å². The number of rotatable bonds is 7. The van der Waals surface area contributed by atoms with E-state index in [2.05, 4.69) is 0 Å². The van der Waals surface area contributed by atoms with Gasteiger partial charge in [-0.15, -0.1) is 11.3 Å². The number of benzene rings is 1. The quantitative estimate of drug-likeness (QED) is 0.569. The maximum absolute atomic E-state index is 12.4. The van der Waals surface area contributed by atoms with Gasteiger partial charge in [0, 0.05) is 30.1 Å². The number of carbonyl (C=O) groups excluding carboxylic acids is 1. The molecule has 0 bridgehead atoms. The van der Waals surface area contributed by atoms with Gasteiger partial charge in [-0.1, -0.05) is 18.2 Å². The molecule has 24 heavy (non-hydrogen) atoms. The number of amides is 1. The summed E-state index contributed by atoms with van der Waals surface area (Å²) in [6.45, 7) is 2.78. The van der Waals surface area contributed by atoms with Gasteiger partial charge in [-0.25, -0.2) is 0 Å². The van der Waals surface area contributed by atoms with Crippen LogP contribution >= 0.6 is 11.3 Å². The first-order valence-corrected chi connectivity index (χ1v) is 8.47. The second-order valence-corrected chi connectivity index (χ2v) is 6.80. The number of non-ortho nitro benzene ring substituents is 1. The molecule has 1 amide bonds. The summed E-state index contributed by atoms with van der Waals surface area (Å²) in [5, 5.41) is 12.9. The van der Waals surface area contributed by atoms with Crippen LogP contribution in [0.5, 0.6) is 0 Å². The molecular weight excluding hydrogens is 326 g/mol. The van der Waals surface area contributed by atoms with Crippen LogP contribution in [0.2, 0.25) is 0 Å². The Bertz CT molecular complexity index is 703. The number of likely N-dealkylation sites (N-methyl/N-ethyl adjacent to an activating group) is 2. The molecule has 0 N–H and O–H groups in total. The van der Waals surface area contributed by atoms with Crippen molar-refractivity contribution in [1.82, 2.24) is 9.80 Å². The zero-order valence-corrected chi connectivity index (χ0v) is 14.8. The largest absolute Gasteiger partial charge is 0.340 e. The molecule has 7 heteroatoms. The third kappa shape index (κ3) is 4.62. The molecule has 2 rings (SSSR count). The van der Waals surface area contributed by atoms with E-state index in [1.807, 2.05) is 42.5 Å². The molecule has 0 aliphatic carbocycles. The molecule has 1 atom stereocenters. The van der Waals surface area contributed by atoms with Crippen molar-refractivity contribution in [2.24, 2.45) is 0 Å². The van der Waals surface area contributed by atoms with Gasteiger partial charge in [-0.2, -0.15) is 0 Å². The average Bonchev–Trinajstić information content (AvgIpc) is 3.07. The first-order valence-electron chi connectivity index (χ1n) is 7.59. The Morgan fingerprint density at radius 2 is 2.04 bits per heavy atom. The van der Waals surface area contributed by atoms with Crippen molar-refractivity contribution >= 4 is 22.9 Å². The molecule has 1 aromatic carbocycles. The fourth-order valence-electron chi connectivity index (χ4n) is 2.35. The van der Waals surface area contributed by atoms with Crippen molar-refractivity contribution in [3.63, 3.8) is 0 Å². The van der Waals surface area contributed by atoms with E-state index >= 15 is 0 Å². The summed E-state index contributed by atoms with van der Waals surface area (Å²) in [5.74, 6) is 0.0168. The number of hydrogen-bond donors (Lipinski definition) is 0. The summed E-state index contributed by atoms with van der Waals surface area (Å²) in [7, 11) is 3.63. The Balaban J connectivity index is 1.97. The van der Waals surface area contributed by atoms with Crippen LogP contribution in [0.3, 0.4) is 0 Å². The molecule has 128 valence electrons. The van der Waals surface area contributed by atoms with Crippen molar-refractivity contribution in [2.45, 2.75) is 19.5 Å². The van der Waals surface area contributed by atoms with Crippen LogP contribution in [0.15, 0.2) is 41.8 Å². The van der Waals surface area contributed by atoms with Gasteiger partial charge in [0.2, 0.25) is 5.91 Å². The second kappa shape index (κ2) is 8.03. The fourth-order valence-corrected chi connectivity index (χ4v) is 3.11. The minimum atomic E-state index is -0.407. The first kappa shape index (κ1) is 18.1. The minimum absolute atomic E-state index is 0.0168. The lowest BCUT2D eigenvalue weighted by atomic mass is 10.1. The van der Waals surface area contributed by atoms with Crippen LogP contribution in [0, 0.1) is 10.1 Å². The molecule has 1 aromatic heterocycles. The predicted octanol–water partition coefficient (Wildman–Crippen LogP) is 3.31. The molecular formula is C17H21N3O3S. The molecule has 0 aliphatic rings. The van der Waals surface area contributed by atoms with E-state index in [-0.39, 0.29) is 24.2 Å². The number of hydrogen-bond acceptors (Lipinski definition) is 5. The molecule has 0 saturated heterocycles. The highest BCUT2D eigenvalue weighted by molar-refractivity contribution is 7.09. The monoisotopic (exact) mass is 347 g/mol. The van der Waals surface area contributed by atoms with Crippen LogP contribution in [0.4, 0.5) is 5.69 Å². The summed E-state index contributed by atoms with van der Waals surface area (Å²) in [6, 6.07) is 10.4. The Morgan fingerprint density at radius 3 is 2.67 bits per heavy atom. The second-order valence-electron chi connectivity index (χ2n) is 5.77. The molecule has 2 aromatic rings. The molecule has 0 unspecified atom stereocenters. The minimum Gasteiger partial charge on any atom is -0.340 e. The Labute approximate surface area is 145 Å². The highest BCUT2D eigenvalue weighted by atomic mass is 32.1. The molecule has 0 spiro atoms. The summed E-state index contributed by atoms with van der Waals surface area (Å²) in [5.41, 5.74) is 0.884. The Kier molecular flexibility index (Phi) is 6.05. The fraction of sp³-hybridized carbons (Fsp3) is 0.353. The molecule has 0 fully saturated rings. The lowest BCUT2D eigenvalue weighted by Gasteiger charge is -2.26. The van der Waals surface area contributed by atoms with Gasteiger partial charge in [0.1, 0.15) is 0 Å². The standard InChI is InChI=1S/C17H21N3O3S/c1-13(14-6-4-7-15(10-14)20(22)23)18(2)12-17(21)19(3)11-16-8-5-9-24-16/h4-10,13H,11-12H2,1-3H3/t13-/m0/s1. The highest BCUT2D eigenvalue weighted by Gasteiger charge is 2.19. The summed E-state index contributed by atoms with van der Waals surface area (Å²) in [4.78, 5) is 27.6. The number of nitro groups is 1. The van der Waals surface area contributed by atoms with Gasteiger partial charge in [0.15, 0.2) is 0 Å². The van der Waals surface area contributed by atoms with Crippen LogP contribution in [-0.2, 0) is 11.3 Å². The summed E-state index contributed by atoms with van der Waals surface area (Å²) in [6.07, 6.45) is 0. The normalized spacial score (nSPS) is 12.2. The smallest absolute Gasteiger partial charge is 0.269 e. The van der Waals surface area contributed by atoms with Gasteiger partial charge >= 0.3 is 0 Å². The van der Waals surface area contributed by atoms with E-state index in [1.54, 1.807) is 35.4 Å². The van der Waals surface area contributed by atoms with E-state index < -0.39 is 4.92 Å². The molecule has 6 nitrogen and oxygen atoms in total. The molecule has 0 saturated carbocycles.